The SMILES string of the molecule is COc1ccc(CN2CC3CCC2Cc2ccc(OC)cc2C3)cc1. The van der Waals surface area contributed by atoms with Crippen LogP contribution in [0.2, 0.25) is 0 Å². The highest BCUT2D eigenvalue weighted by molar-refractivity contribution is 5.37. The number of ether oxygens (including phenoxy) is 2. The van der Waals surface area contributed by atoms with Crippen molar-refractivity contribution in [1.82, 2.24) is 4.90 Å². The van der Waals surface area contributed by atoms with Gasteiger partial charge in [-0.25, -0.2) is 0 Å². The number of rotatable bonds is 4. The van der Waals surface area contributed by atoms with Crippen molar-refractivity contribution in [2.45, 2.75) is 38.3 Å². The summed E-state index contributed by atoms with van der Waals surface area (Å²) in [6, 6.07) is 15.8. The molecule has 0 amide bonds. The molecule has 2 aliphatic heterocycles. The Hall–Kier alpha value is -2.00. The van der Waals surface area contributed by atoms with Gasteiger partial charge >= 0.3 is 0 Å². The van der Waals surface area contributed by atoms with E-state index in [1.807, 2.05) is 0 Å². The molecule has 0 saturated carbocycles. The van der Waals surface area contributed by atoms with E-state index in [0.717, 1.165) is 30.4 Å². The van der Waals surface area contributed by atoms with Gasteiger partial charge in [0.2, 0.25) is 0 Å². The lowest BCUT2D eigenvalue weighted by atomic mass is 9.80. The average molecular weight is 337 g/mol. The molecule has 2 bridgehead atoms. The first-order chi connectivity index (χ1) is 12.2. The molecule has 0 aromatic heterocycles. The number of hydrogen-bond donors (Lipinski definition) is 0. The summed E-state index contributed by atoms with van der Waals surface area (Å²) >= 11 is 0. The van der Waals surface area contributed by atoms with E-state index in [9.17, 15) is 0 Å². The summed E-state index contributed by atoms with van der Waals surface area (Å²) < 4.78 is 10.7. The first-order valence-electron chi connectivity index (χ1n) is 9.28. The van der Waals surface area contributed by atoms with Crippen molar-refractivity contribution in [2.75, 3.05) is 20.8 Å². The van der Waals surface area contributed by atoms with Crippen LogP contribution in [-0.2, 0) is 19.4 Å². The minimum atomic E-state index is 0.644. The largest absolute Gasteiger partial charge is 0.497 e. The molecule has 132 valence electrons. The van der Waals surface area contributed by atoms with Crippen LogP contribution >= 0.6 is 0 Å². The van der Waals surface area contributed by atoms with Gasteiger partial charge in [0.15, 0.2) is 0 Å². The number of hydrogen-bond acceptors (Lipinski definition) is 3. The van der Waals surface area contributed by atoms with Crippen LogP contribution in [0.5, 0.6) is 11.5 Å². The number of fused-ring (bicyclic) bond motifs is 2. The number of methoxy groups -OCH3 is 2. The summed E-state index contributed by atoms with van der Waals surface area (Å²) in [7, 11) is 3.48. The smallest absolute Gasteiger partial charge is 0.119 e. The van der Waals surface area contributed by atoms with Gasteiger partial charge in [-0.05, 0) is 72.6 Å². The fourth-order valence-corrected chi connectivity index (χ4v) is 4.42. The highest BCUT2D eigenvalue weighted by Gasteiger charge is 2.32. The minimum Gasteiger partial charge on any atom is -0.497 e. The van der Waals surface area contributed by atoms with Crippen molar-refractivity contribution in [1.29, 1.82) is 0 Å². The molecule has 2 atom stereocenters. The second kappa shape index (κ2) is 7.09. The van der Waals surface area contributed by atoms with Gasteiger partial charge in [0.25, 0.3) is 0 Å². The summed E-state index contributed by atoms with van der Waals surface area (Å²) in [5, 5.41) is 0. The molecule has 2 aromatic carbocycles. The Morgan fingerprint density at radius 3 is 2.40 bits per heavy atom. The molecular weight excluding hydrogens is 310 g/mol. The molecule has 2 heterocycles. The second-order valence-corrected chi connectivity index (χ2v) is 7.42. The molecule has 2 aromatic rings. The van der Waals surface area contributed by atoms with E-state index in [0.29, 0.717) is 6.04 Å². The van der Waals surface area contributed by atoms with Crippen LogP contribution in [0.1, 0.15) is 29.5 Å². The lowest BCUT2D eigenvalue weighted by Gasteiger charge is -2.42. The molecule has 0 spiro atoms. The van der Waals surface area contributed by atoms with Gasteiger partial charge in [0.1, 0.15) is 11.5 Å². The van der Waals surface area contributed by atoms with Crippen LogP contribution in [0.3, 0.4) is 0 Å². The predicted molar refractivity (Wildman–Crippen MR) is 100 cm³/mol. The van der Waals surface area contributed by atoms with Gasteiger partial charge < -0.3 is 9.47 Å². The van der Waals surface area contributed by atoms with Crippen LogP contribution in [0, 0.1) is 5.92 Å². The molecular formula is C22H27NO2. The Morgan fingerprint density at radius 1 is 0.880 bits per heavy atom. The summed E-state index contributed by atoms with van der Waals surface area (Å²) in [5.74, 6) is 2.67. The quantitative estimate of drug-likeness (QED) is 0.839. The van der Waals surface area contributed by atoms with Crippen molar-refractivity contribution in [3.63, 3.8) is 0 Å². The Balaban J connectivity index is 1.54. The van der Waals surface area contributed by atoms with Gasteiger partial charge in [-0.15, -0.1) is 0 Å². The first kappa shape index (κ1) is 16.5. The van der Waals surface area contributed by atoms with Crippen molar-refractivity contribution >= 4 is 0 Å². The Kier molecular flexibility index (Phi) is 4.67. The maximum Gasteiger partial charge on any atom is 0.119 e. The minimum absolute atomic E-state index is 0.644. The predicted octanol–water partition coefficient (Wildman–Crippen LogP) is 4.08. The van der Waals surface area contributed by atoms with Crippen molar-refractivity contribution in [2.24, 2.45) is 5.92 Å². The van der Waals surface area contributed by atoms with Crippen LogP contribution in [0.25, 0.3) is 0 Å². The normalized spacial score (nSPS) is 22.8. The van der Waals surface area contributed by atoms with E-state index in [1.54, 1.807) is 14.2 Å². The van der Waals surface area contributed by atoms with Crippen molar-refractivity contribution in [3.8, 4) is 11.5 Å². The van der Waals surface area contributed by atoms with Gasteiger partial charge in [-0.1, -0.05) is 18.2 Å². The number of benzene rings is 2. The summed E-state index contributed by atoms with van der Waals surface area (Å²) in [5.41, 5.74) is 4.38. The highest BCUT2D eigenvalue weighted by Crippen LogP contribution is 2.34. The highest BCUT2D eigenvalue weighted by atomic mass is 16.5. The average Bonchev–Trinajstić information content (AvgIpc) is 2.63. The standard InChI is InChI=1S/C22H27NO2/c1-24-21-8-4-16(5-9-21)14-23-15-17-3-7-20(23)12-18-6-10-22(25-2)13-19(18)11-17/h4-6,8-10,13,17,20H,3,7,11-12,14-15H2,1-2H3. The third-order valence-electron chi connectivity index (χ3n) is 5.84. The number of nitrogens with zero attached hydrogens (tertiary/aromatic N) is 1. The van der Waals surface area contributed by atoms with Crippen LogP contribution in [0.15, 0.2) is 42.5 Å². The van der Waals surface area contributed by atoms with Gasteiger partial charge in [0, 0.05) is 19.1 Å². The zero-order chi connectivity index (χ0) is 17.2. The molecule has 5 rings (SSSR count). The summed E-state index contributed by atoms with van der Waals surface area (Å²) in [6.07, 6.45) is 4.99. The third kappa shape index (κ3) is 3.52. The van der Waals surface area contributed by atoms with Crippen molar-refractivity contribution in [3.05, 3.63) is 59.2 Å². The van der Waals surface area contributed by atoms with E-state index in [2.05, 4.69) is 47.4 Å². The lowest BCUT2D eigenvalue weighted by Crippen LogP contribution is -2.46. The third-order valence-corrected chi connectivity index (χ3v) is 5.84. The van der Waals surface area contributed by atoms with Crippen LogP contribution < -0.4 is 9.47 Å². The van der Waals surface area contributed by atoms with E-state index >= 15 is 0 Å². The fourth-order valence-electron chi connectivity index (χ4n) is 4.42. The second-order valence-electron chi connectivity index (χ2n) is 7.42. The Bertz CT molecular complexity index is 725. The van der Waals surface area contributed by atoms with Gasteiger partial charge in [-0.3, -0.25) is 4.90 Å². The molecule has 3 aliphatic rings. The zero-order valence-corrected chi connectivity index (χ0v) is 15.2. The monoisotopic (exact) mass is 337 g/mol. The molecule has 25 heavy (non-hydrogen) atoms. The Labute approximate surface area is 150 Å². The molecule has 2 unspecified atom stereocenters. The van der Waals surface area contributed by atoms with Crippen LogP contribution in [-0.4, -0.2) is 31.7 Å². The topological polar surface area (TPSA) is 21.7 Å². The molecule has 1 saturated heterocycles. The first-order valence-corrected chi connectivity index (χ1v) is 9.28. The van der Waals surface area contributed by atoms with Crippen molar-refractivity contribution < 1.29 is 9.47 Å². The summed E-state index contributed by atoms with van der Waals surface area (Å²) in [6.45, 7) is 2.24. The number of piperidine rings is 1. The fraction of sp³-hybridized carbons (Fsp3) is 0.455. The molecule has 0 radical (unpaired) electrons. The molecule has 1 fully saturated rings. The zero-order valence-electron chi connectivity index (χ0n) is 15.2. The molecule has 0 N–H and O–H groups in total. The van der Waals surface area contributed by atoms with Gasteiger partial charge in [-0.2, -0.15) is 0 Å². The van der Waals surface area contributed by atoms with E-state index in [1.165, 1.54) is 42.5 Å². The lowest BCUT2D eigenvalue weighted by molar-refractivity contribution is 0.0937. The molecule has 3 nitrogen and oxygen atoms in total. The Morgan fingerprint density at radius 2 is 1.64 bits per heavy atom. The van der Waals surface area contributed by atoms with E-state index in [4.69, 9.17) is 9.47 Å². The maximum absolute atomic E-state index is 5.43. The van der Waals surface area contributed by atoms with Gasteiger partial charge in [0.05, 0.1) is 14.2 Å². The maximum atomic E-state index is 5.43. The van der Waals surface area contributed by atoms with E-state index in [-0.39, 0.29) is 0 Å². The van der Waals surface area contributed by atoms with Crippen LogP contribution in [0.4, 0.5) is 0 Å². The van der Waals surface area contributed by atoms with E-state index < -0.39 is 0 Å². The molecule has 3 heteroatoms. The summed E-state index contributed by atoms with van der Waals surface area (Å²) in [4.78, 5) is 2.70. The molecule has 1 aliphatic carbocycles.